The number of nitrogens with two attached hydrogens (primary N) is 1. The molecule has 0 aliphatic carbocycles. The van der Waals surface area contributed by atoms with E-state index in [4.69, 9.17) is 10.2 Å². The van der Waals surface area contributed by atoms with Crippen LogP contribution in [0.5, 0.6) is 0 Å². The van der Waals surface area contributed by atoms with Crippen molar-refractivity contribution < 1.29 is 4.42 Å². The lowest BCUT2D eigenvalue weighted by Crippen LogP contribution is -2.34. The summed E-state index contributed by atoms with van der Waals surface area (Å²) in [5.74, 6) is 1.04. The van der Waals surface area contributed by atoms with Gasteiger partial charge in [0.2, 0.25) is 0 Å². The van der Waals surface area contributed by atoms with Crippen LogP contribution in [-0.4, -0.2) is 18.1 Å². The molecule has 1 aromatic rings. The molecule has 3 heteroatoms. The Morgan fingerprint density at radius 2 is 2.25 bits per heavy atom. The molecule has 0 fully saturated rings. The van der Waals surface area contributed by atoms with Gasteiger partial charge in [-0.05, 0) is 52.3 Å². The molecule has 0 saturated carbocycles. The zero-order chi connectivity index (χ0) is 12.0. The molecule has 1 rings (SSSR count). The van der Waals surface area contributed by atoms with Crippen LogP contribution in [0.2, 0.25) is 0 Å². The van der Waals surface area contributed by atoms with Crippen molar-refractivity contribution in [3.8, 4) is 0 Å². The van der Waals surface area contributed by atoms with Gasteiger partial charge in [-0.2, -0.15) is 0 Å². The molecule has 3 nitrogen and oxygen atoms in total. The van der Waals surface area contributed by atoms with Crippen molar-refractivity contribution in [2.45, 2.75) is 51.6 Å². The van der Waals surface area contributed by atoms with E-state index in [0.29, 0.717) is 6.04 Å². The maximum Gasteiger partial charge on any atom is 0.105 e. The fourth-order valence-electron chi connectivity index (χ4n) is 1.70. The first-order chi connectivity index (χ1) is 7.47. The highest BCUT2D eigenvalue weighted by Crippen LogP contribution is 2.07. The van der Waals surface area contributed by atoms with Gasteiger partial charge in [0.25, 0.3) is 0 Å². The van der Waals surface area contributed by atoms with Gasteiger partial charge in [0.15, 0.2) is 0 Å². The van der Waals surface area contributed by atoms with E-state index in [-0.39, 0.29) is 5.54 Å². The van der Waals surface area contributed by atoms with Crippen LogP contribution in [0.3, 0.4) is 0 Å². The molecule has 0 saturated heterocycles. The SMILES string of the molecule is CC(Cc1ccco1)NCCCC(C)(C)N. The molecule has 0 amide bonds. The molecule has 0 aliphatic rings. The van der Waals surface area contributed by atoms with Crippen LogP contribution in [0.4, 0.5) is 0 Å². The smallest absolute Gasteiger partial charge is 0.105 e. The summed E-state index contributed by atoms with van der Waals surface area (Å²) in [6, 6.07) is 4.40. The second kappa shape index (κ2) is 6.06. The van der Waals surface area contributed by atoms with Gasteiger partial charge < -0.3 is 15.5 Å². The molecule has 92 valence electrons. The van der Waals surface area contributed by atoms with Crippen LogP contribution in [0.1, 0.15) is 39.4 Å². The van der Waals surface area contributed by atoms with E-state index in [1.54, 1.807) is 6.26 Å². The summed E-state index contributed by atoms with van der Waals surface area (Å²) in [6.45, 7) is 7.33. The summed E-state index contributed by atoms with van der Waals surface area (Å²) in [4.78, 5) is 0. The number of hydrogen-bond donors (Lipinski definition) is 2. The summed E-state index contributed by atoms with van der Waals surface area (Å²) in [6.07, 6.45) is 4.83. The molecule has 0 spiro atoms. The van der Waals surface area contributed by atoms with Crippen molar-refractivity contribution >= 4 is 0 Å². The van der Waals surface area contributed by atoms with E-state index < -0.39 is 0 Å². The summed E-state index contributed by atoms with van der Waals surface area (Å²) in [7, 11) is 0. The summed E-state index contributed by atoms with van der Waals surface area (Å²) in [5, 5.41) is 3.48. The van der Waals surface area contributed by atoms with Gasteiger partial charge >= 0.3 is 0 Å². The average molecular weight is 224 g/mol. The van der Waals surface area contributed by atoms with E-state index in [1.165, 1.54) is 0 Å². The fraction of sp³-hybridized carbons (Fsp3) is 0.692. The van der Waals surface area contributed by atoms with E-state index in [2.05, 4.69) is 26.1 Å². The molecule has 1 atom stereocenters. The Labute approximate surface area is 98.4 Å². The normalized spacial score (nSPS) is 14.0. The molecule has 1 unspecified atom stereocenters. The van der Waals surface area contributed by atoms with Crippen LogP contribution in [0.15, 0.2) is 22.8 Å². The van der Waals surface area contributed by atoms with E-state index in [9.17, 15) is 0 Å². The average Bonchev–Trinajstić information content (AvgIpc) is 2.63. The molecule has 3 N–H and O–H groups in total. The van der Waals surface area contributed by atoms with E-state index >= 15 is 0 Å². The van der Waals surface area contributed by atoms with Gasteiger partial charge in [0.05, 0.1) is 6.26 Å². The Morgan fingerprint density at radius 1 is 1.50 bits per heavy atom. The second-order valence-corrected chi connectivity index (χ2v) is 5.23. The first-order valence-electron chi connectivity index (χ1n) is 6.02. The van der Waals surface area contributed by atoms with Crippen LogP contribution in [0, 0.1) is 0 Å². The van der Waals surface area contributed by atoms with Gasteiger partial charge in [-0.3, -0.25) is 0 Å². The largest absolute Gasteiger partial charge is 0.469 e. The predicted octanol–water partition coefficient (Wildman–Crippen LogP) is 2.32. The number of hydrogen-bond acceptors (Lipinski definition) is 3. The van der Waals surface area contributed by atoms with E-state index in [0.717, 1.165) is 31.6 Å². The minimum Gasteiger partial charge on any atom is -0.469 e. The lowest BCUT2D eigenvalue weighted by atomic mass is 10.00. The Hall–Kier alpha value is -0.800. The highest BCUT2D eigenvalue weighted by molar-refractivity contribution is 4.99. The molecular formula is C13H24N2O. The van der Waals surface area contributed by atoms with Crippen molar-refractivity contribution in [2.24, 2.45) is 5.73 Å². The van der Waals surface area contributed by atoms with Crippen molar-refractivity contribution in [3.05, 3.63) is 24.2 Å². The van der Waals surface area contributed by atoms with Gasteiger partial charge in [-0.25, -0.2) is 0 Å². The van der Waals surface area contributed by atoms with Crippen LogP contribution >= 0.6 is 0 Å². The molecule has 0 radical (unpaired) electrons. The minimum absolute atomic E-state index is 0.0497. The van der Waals surface area contributed by atoms with Crippen molar-refractivity contribution in [2.75, 3.05) is 6.54 Å². The van der Waals surface area contributed by atoms with Crippen LogP contribution < -0.4 is 11.1 Å². The quantitative estimate of drug-likeness (QED) is 0.699. The van der Waals surface area contributed by atoms with Gasteiger partial charge in [0.1, 0.15) is 5.76 Å². The molecule has 1 heterocycles. The van der Waals surface area contributed by atoms with Gasteiger partial charge in [-0.15, -0.1) is 0 Å². The molecule has 16 heavy (non-hydrogen) atoms. The molecular weight excluding hydrogens is 200 g/mol. The third-order valence-electron chi connectivity index (χ3n) is 2.58. The molecule has 1 aromatic heterocycles. The fourth-order valence-corrected chi connectivity index (χ4v) is 1.70. The lowest BCUT2D eigenvalue weighted by molar-refractivity contribution is 0.420. The number of furan rings is 1. The van der Waals surface area contributed by atoms with Crippen LogP contribution in [0.25, 0.3) is 0 Å². The maximum atomic E-state index is 5.92. The topological polar surface area (TPSA) is 51.2 Å². The number of rotatable bonds is 7. The van der Waals surface area contributed by atoms with Crippen molar-refractivity contribution in [1.29, 1.82) is 0 Å². The highest BCUT2D eigenvalue weighted by atomic mass is 16.3. The zero-order valence-electron chi connectivity index (χ0n) is 10.6. The highest BCUT2D eigenvalue weighted by Gasteiger charge is 2.10. The molecule has 0 aromatic carbocycles. The Kier molecular flexibility index (Phi) is 5.03. The van der Waals surface area contributed by atoms with Crippen LogP contribution in [-0.2, 0) is 6.42 Å². The molecule has 0 aliphatic heterocycles. The van der Waals surface area contributed by atoms with Crippen molar-refractivity contribution in [3.63, 3.8) is 0 Å². The van der Waals surface area contributed by atoms with Gasteiger partial charge in [0, 0.05) is 18.0 Å². The monoisotopic (exact) mass is 224 g/mol. The Morgan fingerprint density at radius 3 is 2.81 bits per heavy atom. The van der Waals surface area contributed by atoms with Gasteiger partial charge in [-0.1, -0.05) is 0 Å². The maximum absolute atomic E-state index is 5.92. The summed E-state index contributed by atoms with van der Waals surface area (Å²) < 4.78 is 5.30. The zero-order valence-corrected chi connectivity index (χ0v) is 10.6. The Balaban J connectivity index is 2.09. The second-order valence-electron chi connectivity index (χ2n) is 5.23. The number of nitrogens with one attached hydrogen (secondary N) is 1. The molecule has 0 bridgehead atoms. The standard InChI is InChI=1S/C13H24N2O/c1-11(10-12-6-4-9-16-12)15-8-5-7-13(2,3)14/h4,6,9,11,15H,5,7-8,10,14H2,1-3H3. The third-order valence-corrected chi connectivity index (χ3v) is 2.58. The minimum atomic E-state index is -0.0497. The first kappa shape index (κ1) is 13.3. The predicted molar refractivity (Wildman–Crippen MR) is 67.4 cm³/mol. The lowest BCUT2D eigenvalue weighted by Gasteiger charge is -2.19. The first-order valence-corrected chi connectivity index (χ1v) is 6.02. The summed E-state index contributed by atoms with van der Waals surface area (Å²) >= 11 is 0. The van der Waals surface area contributed by atoms with Crippen molar-refractivity contribution in [1.82, 2.24) is 5.32 Å². The summed E-state index contributed by atoms with van der Waals surface area (Å²) in [5.41, 5.74) is 5.87. The Bertz CT molecular complexity index is 275. The third kappa shape index (κ3) is 5.93. The van der Waals surface area contributed by atoms with E-state index in [1.807, 2.05) is 12.1 Å².